The number of methoxy groups -OCH3 is 3. The van der Waals surface area contributed by atoms with Crippen LogP contribution >= 0.6 is 0 Å². The summed E-state index contributed by atoms with van der Waals surface area (Å²) >= 11 is 0. The van der Waals surface area contributed by atoms with Gasteiger partial charge in [0.25, 0.3) is 0 Å². The molecule has 1 fully saturated rings. The van der Waals surface area contributed by atoms with E-state index >= 15 is 0 Å². The van der Waals surface area contributed by atoms with Crippen molar-refractivity contribution in [3.63, 3.8) is 0 Å². The van der Waals surface area contributed by atoms with Crippen LogP contribution in [0.1, 0.15) is 25.0 Å². The molecule has 1 aromatic rings. The maximum atomic E-state index is 11.4. The number of carbonyl (C=O) groups is 1. The molecule has 19 heavy (non-hydrogen) atoms. The Morgan fingerprint density at radius 1 is 1.11 bits per heavy atom. The van der Waals surface area contributed by atoms with Gasteiger partial charge in [-0.1, -0.05) is 6.92 Å². The van der Waals surface area contributed by atoms with E-state index in [0.29, 0.717) is 23.7 Å². The molecule has 2 rings (SSSR count). The monoisotopic (exact) mass is 266 g/mol. The molecule has 1 aliphatic rings. The predicted molar refractivity (Wildman–Crippen MR) is 68.7 cm³/mol. The molecule has 0 amide bonds. The van der Waals surface area contributed by atoms with E-state index < -0.39 is 0 Å². The molecule has 0 aromatic heterocycles. The van der Waals surface area contributed by atoms with Crippen molar-refractivity contribution in [1.29, 1.82) is 0 Å². The molecule has 0 spiro atoms. The van der Waals surface area contributed by atoms with Gasteiger partial charge in [0.1, 0.15) is 6.10 Å². The fraction of sp³-hybridized carbons (Fsp3) is 0.500. The van der Waals surface area contributed by atoms with E-state index in [2.05, 4.69) is 0 Å². The lowest BCUT2D eigenvalue weighted by Gasteiger charge is -2.18. The Morgan fingerprint density at radius 2 is 1.68 bits per heavy atom. The minimum absolute atomic E-state index is 0.135. The molecule has 2 unspecified atom stereocenters. The average molecular weight is 266 g/mol. The van der Waals surface area contributed by atoms with Crippen molar-refractivity contribution in [2.45, 2.75) is 19.4 Å². The molecule has 1 aromatic carbocycles. The number of ether oxygens (including phenoxy) is 4. The van der Waals surface area contributed by atoms with Crippen LogP contribution in [-0.4, -0.2) is 27.3 Å². The topological polar surface area (TPSA) is 54.0 Å². The highest BCUT2D eigenvalue weighted by atomic mass is 16.6. The number of cyclic esters (lactones) is 1. The molecule has 0 bridgehead atoms. The maximum Gasteiger partial charge on any atom is 0.306 e. The smallest absolute Gasteiger partial charge is 0.306 e. The zero-order valence-electron chi connectivity index (χ0n) is 11.6. The summed E-state index contributed by atoms with van der Waals surface area (Å²) in [4.78, 5) is 11.4. The molecule has 5 nitrogen and oxygen atoms in total. The minimum atomic E-state index is -0.263. The molecule has 1 heterocycles. The van der Waals surface area contributed by atoms with Crippen LogP contribution in [0.4, 0.5) is 0 Å². The van der Waals surface area contributed by atoms with Crippen molar-refractivity contribution < 1.29 is 23.7 Å². The first kappa shape index (κ1) is 13.5. The summed E-state index contributed by atoms with van der Waals surface area (Å²) in [6, 6.07) is 3.64. The molecule has 2 atom stereocenters. The van der Waals surface area contributed by atoms with Crippen molar-refractivity contribution >= 4 is 5.97 Å². The third-order valence-corrected chi connectivity index (χ3v) is 3.28. The quantitative estimate of drug-likeness (QED) is 0.783. The highest BCUT2D eigenvalue weighted by Gasteiger charge is 2.33. The van der Waals surface area contributed by atoms with E-state index in [1.54, 1.807) is 21.3 Å². The lowest BCUT2D eigenvalue weighted by atomic mass is 9.96. The zero-order chi connectivity index (χ0) is 14.0. The summed E-state index contributed by atoms with van der Waals surface area (Å²) < 4.78 is 21.2. The summed E-state index contributed by atoms with van der Waals surface area (Å²) in [5.41, 5.74) is 0.854. The maximum absolute atomic E-state index is 11.4. The Morgan fingerprint density at radius 3 is 2.05 bits per heavy atom. The first-order valence-corrected chi connectivity index (χ1v) is 6.10. The zero-order valence-corrected chi connectivity index (χ0v) is 11.6. The number of rotatable bonds is 4. The highest BCUT2D eigenvalue weighted by Crippen LogP contribution is 2.43. The van der Waals surface area contributed by atoms with Gasteiger partial charge in [-0.3, -0.25) is 4.79 Å². The largest absolute Gasteiger partial charge is 0.493 e. The van der Waals surface area contributed by atoms with Gasteiger partial charge in [0.2, 0.25) is 5.75 Å². The van der Waals surface area contributed by atoms with Gasteiger partial charge in [-0.2, -0.15) is 0 Å². The molecule has 5 heteroatoms. The first-order chi connectivity index (χ1) is 9.10. The molecular formula is C14H18O5. The molecule has 1 saturated heterocycles. The fourth-order valence-electron chi connectivity index (χ4n) is 2.34. The standard InChI is InChI=1S/C14H18O5/c1-8-5-12(15)19-13(8)9-6-10(16-2)14(18-4)11(7-9)17-3/h6-8,13H,5H2,1-4H3. The Labute approximate surface area is 112 Å². The number of esters is 1. The van der Waals surface area contributed by atoms with E-state index in [4.69, 9.17) is 18.9 Å². The molecule has 0 radical (unpaired) electrons. The van der Waals surface area contributed by atoms with Crippen LogP contribution < -0.4 is 14.2 Å². The van der Waals surface area contributed by atoms with Crippen LogP contribution in [0.5, 0.6) is 17.2 Å². The second-order valence-corrected chi connectivity index (χ2v) is 4.55. The summed E-state index contributed by atoms with van der Waals surface area (Å²) in [5, 5.41) is 0. The SMILES string of the molecule is COc1cc(C2OC(=O)CC2C)cc(OC)c1OC. The molecule has 0 N–H and O–H groups in total. The first-order valence-electron chi connectivity index (χ1n) is 6.10. The summed E-state index contributed by atoms with van der Waals surface area (Å²) in [6.45, 7) is 1.98. The van der Waals surface area contributed by atoms with E-state index in [-0.39, 0.29) is 18.0 Å². The normalized spacial score (nSPS) is 22.0. The van der Waals surface area contributed by atoms with Gasteiger partial charge in [0.15, 0.2) is 11.5 Å². The number of carbonyl (C=O) groups excluding carboxylic acids is 1. The van der Waals surface area contributed by atoms with Gasteiger partial charge < -0.3 is 18.9 Å². The second-order valence-electron chi connectivity index (χ2n) is 4.55. The number of hydrogen-bond donors (Lipinski definition) is 0. The van der Waals surface area contributed by atoms with Crippen molar-refractivity contribution in [2.24, 2.45) is 5.92 Å². The summed E-state index contributed by atoms with van der Waals surface area (Å²) in [7, 11) is 4.68. The molecule has 104 valence electrons. The number of benzene rings is 1. The predicted octanol–water partition coefficient (Wildman–Crippen LogP) is 2.34. The Kier molecular flexibility index (Phi) is 3.83. The van der Waals surface area contributed by atoms with Crippen molar-refractivity contribution in [2.75, 3.05) is 21.3 Å². The Hall–Kier alpha value is -1.91. The van der Waals surface area contributed by atoms with Gasteiger partial charge in [-0.15, -0.1) is 0 Å². The molecule has 0 saturated carbocycles. The van der Waals surface area contributed by atoms with E-state index in [1.807, 2.05) is 19.1 Å². The second kappa shape index (κ2) is 5.38. The Balaban J connectivity index is 2.44. The van der Waals surface area contributed by atoms with Gasteiger partial charge in [-0.25, -0.2) is 0 Å². The summed E-state index contributed by atoms with van der Waals surface area (Å²) in [5.74, 6) is 1.62. The van der Waals surface area contributed by atoms with Gasteiger partial charge in [0, 0.05) is 11.5 Å². The van der Waals surface area contributed by atoms with Crippen molar-refractivity contribution in [3.8, 4) is 17.2 Å². The van der Waals surface area contributed by atoms with E-state index in [9.17, 15) is 4.79 Å². The summed E-state index contributed by atoms with van der Waals surface area (Å²) in [6.07, 6.45) is 0.169. The molecule has 0 aliphatic carbocycles. The number of hydrogen-bond acceptors (Lipinski definition) is 5. The van der Waals surface area contributed by atoms with Gasteiger partial charge in [0.05, 0.1) is 27.8 Å². The van der Waals surface area contributed by atoms with Crippen molar-refractivity contribution in [3.05, 3.63) is 17.7 Å². The molecule has 1 aliphatic heterocycles. The highest BCUT2D eigenvalue weighted by molar-refractivity contribution is 5.72. The van der Waals surface area contributed by atoms with Crippen LogP contribution in [0.25, 0.3) is 0 Å². The van der Waals surface area contributed by atoms with E-state index in [0.717, 1.165) is 5.56 Å². The van der Waals surface area contributed by atoms with Gasteiger partial charge >= 0.3 is 5.97 Å². The van der Waals surface area contributed by atoms with Crippen molar-refractivity contribution in [1.82, 2.24) is 0 Å². The lowest BCUT2D eigenvalue weighted by Crippen LogP contribution is -2.06. The third-order valence-electron chi connectivity index (χ3n) is 3.28. The molecular weight excluding hydrogens is 248 g/mol. The Bertz CT molecular complexity index is 458. The average Bonchev–Trinajstić information content (AvgIpc) is 2.75. The van der Waals surface area contributed by atoms with Crippen LogP contribution in [0.15, 0.2) is 12.1 Å². The van der Waals surface area contributed by atoms with Crippen LogP contribution in [-0.2, 0) is 9.53 Å². The lowest BCUT2D eigenvalue weighted by molar-refractivity contribution is -0.141. The minimum Gasteiger partial charge on any atom is -0.493 e. The fourth-order valence-corrected chi connectivity index (χ4v) is 2.34. The third kappa shape index (κ3) is 2.45. The van der Waals surface area contributed by atoms with Crippen LogP contribution in [0, 0.1) is 5.92 Å². The van der Waals surface area contributed by atoms with Crippen LogP contribution in [0.2, 0.25) is 0 Å². The van der Waals surface area contributed by atoms with Crippen LogP contribution in [0.3, 0.4) is 0 Å². The van der Waals surface area contributed by atoms with E-state index in [1.165, 1.54) is 0 Å². The van der Waals surface area contributed by atoms with Gasteiger partial charge in [-0.05, 0) is 12.1 Å².